The van der Waals surface area contributed by atoms with Gasteiger partial charge >= 0.3 is 0 Å². The summed E-state index contributed by atoms with van der Waals surface area (Å²) in [7, 11) is 1.50. The first-order valence-corrected chi connectivity index (χ1v) is 4.73. The van der Waals surface area contributed by atoms with Crippen molar-refractivity contribution in [1.82, 2.24) is 0 Å². The molecule has 14 heavy (non-hydrogen) atoms. The molecular formula is C10H14BNO2. The van der Waals surface area contributed by atoms with Crippen LogP contribution in [0.2, 0.25) is 12.6 Å². The Morgan fingerprint density at radius 3 is 2.50 bits per heavy atom. The van der Waals surface area contributed by atoms with E-state index in [1.807, 2.05) is 0 Å². The predicted octanol–water partition coefficient (Wildman–Crippen LogP) is 1.38. The summed E-state index contributed by atoms with van der Waals surface area (Å²) in [6.45, 7) is 3.55. The Morgan fingerprint density at radius 1 is 1.57 bits per heavy atom. The molecule has 1 heterocycles. The van der Waals surface area contributed by atoms with Gasteiger partial charge in [0.2, 0.25) is 0 Å². The zero-order chi connectivity index (χ0) is 10.6. The second kappa shape index (κ2) is 4.37. The van der Waals surface area contributed by atoms with Crippen LogP contribution in [0.3, 0.4) is 0 Å². The van der Waals surface area contributed by atoms with Gasteiger partial charge in [0, 0.05) is 5.97 Å². The van der Waals surface area contributed by atoms with E-state index in [9.17, 15) is 5.11 Å². The normalized spacial score (nSPS) is 19.4. The summed E-state index contributed by atoms with van der Waals surface area (Å²) in [5.41, 5.74) is 1.65. The van der Waals surface area contributed by atoms with Gasteiger partial charge in [-0.1, -0.05) is 25.0 Å². The quantitative estimate of drug-likeness (QED) is 0.407. The van der Waals surface area contributed by atoms with E-state index in [4.69, 9.17) is 10.00 Å². The molecule has 1 aliphatic rings. The smallest absolute Gasteiger partial charge is 0.268 e. The Hall–Kier alpha value is -1.17. The third kappa shape index (κ3) is 2.01. The van der Waals surface area contributed by atoms with E-state index in [-0.39, 0.29) is 6.71 Å². The van der Waals surface area contributed by atoms with Gasteiger partial charge in [0.05, 0.1) is 7.11 Å². The number of hydrogen-bond donors (Lipinski definition) is 1. The van der Waals surface area contributed by atoms with Crippen LogP contribution in [0.15, 0.2) is 18.1 Å². The molecule has 4 heteroatoms. The molecule has 0 saturated carbocycles. The van der Waals surface area contributed by atoms with Crippen LogP contribution >= 0.6 is 0 Å². The summed E-state index contributed by atoms with van der Waals surface area (Å²) >= 11 is 0. The van der Waals surface area contributed by atoms with Gasteiger partial charge in [-0.05, 0) is 12.8 Å². The van der Waals surface area contributed by atoms with Gasteiger partial charge in [0.15, 0.2) is 5.76 Å². The van der Waals surface area contributed by atoms with Crippen molar-refractivity contribution >= 4 is 6.71 Å². The average Bonchev–Trinajstić information content (AvgIpc) is 2.20. The van der Waals surface area contributed by atoms with E-state index in [2.05, 4.69) is 18.3 Å². The van der Waals surface area contributed by atoms with E-state index < -0.39 is 5.60 Å². The summed E-state index contributed by atoms with van der Waals surface area (Å²) < 4.78 is 5.02. The molecule has 0 bridgehead atoms. The second-order valence-corrected chi connectivity index (χ2v) is 3.64. The largest absolute Gasteiger partial charge is 0.490 e. The average molecular weight is 191 g/mol. The van der Waals surface area contributed by atoms with E-state index in [0.717, 1.165) is 0 Å². The summed E-state index contributed by atoms with van der Waals surface area (Å²) in [5, 5.41) is 18.9. The van der Waals surface area contributed by atoms with Crippen molar-refractivity contribution in [1.29, 1.82) is 5.26 Å². The van der Waals surface area contributed by atoms with Crippen LogP contribution < -0.4 is 0 Å². The molecule has 0 spiro atoms. The van der Waals surface area contributed by atoms with Crippen LogP contribution in [0, 0.1) is 11.2 Å². The summed E-state index contributed by atoms with van der Waals surface area (Å²) in [5.74, 6) is 2.62. The molecule has 0 aromatic carbocycles. The minimum absolute atomic E-state index is 0.0678. The molecule has 1 N–H and O–H groups in total. The minimum atomic E-state index is -0.955. The highest BCUT2D eigenvalue weighted by atomic mass is 16.5. The van der Waals surface area contributed by atoms with Crippen LogP contribution in [-0.2, 0) is 4.74 Å². The van der Waals surface area contributed by atoms with E-state index in [1.54, 1.807) is 0 Å². The molecule has 0 amide bonds. The summed E-state index contributed by atoms with van der Waals surface area (Å²) in [6, 6.07) is 0. The molecule has 3 nitrogen and oxygen atoms in total. The first kappa shape index (κ1) is 10.9. The number of ether oxygens (including phenoxy) is 1. The molecule has 1 rings (SSSR count). The number of rotatable bonds is 2. The van der Waals surface area contributed by atoms with Crippen LogP contribution in [0.4, 0.5) is 0 Å². The van der Waals surface area contributed by atoms with Crippen molar-refractivity contribution < 1.29 is 9.84 Å². The van der Waals surface area contributed by atoms with E-state index >= 15 is 0 Å². The van der Waals surface area contributed by atoms with E-state index in [1.165, 1.54) is 7.11 Å². The third-order valence-electron chi connectivity index (χ3n) is 2.78. The SMILES string of the molecule is C=C=C(OC)C1(O)CCB(C#N)CC1. The molecule has 0 aromatic rings. The number of methoxy groups -OCH3 is 1. The highest BCUT2D eigenvalue weighted by Crippen LogP contribution is 2.34. The molecule has 0 atom stereocenters. The fourth-order valence-corrected chi connectivity index (χ4v) is 1.88. The Bertz CT molecular complexity index is 294. The van der Waals surface area contributed by atoms with Crippen molar-refractivity contribution in [3.8, 4) is 5.97 Å². The van der Waals surface area contributed by atoms with Gasteiger partial charge in [-0.25, -0.2) is 5.26 Å². The third-order valence-corrected chi connectivity index (χ3v) is 2.78. The number of nitriles is 1. The highest BCUT2D eigenvalue weighted by Gasteiger charge is 2.39. The van der Waals surface area contributed by atoms with Crippen molar-refractivity contribution in [2.24, 2.45) is 0 Å². The molecule has 74 valence electrons. The highest BCUT2D eigenvalue weighted by molar-refractivity contribution is 6.67. The van der Waals surface area contributed by atoms with Gasteiger partial charge in [-0.2, -0.15) is 0 Å². The van der Waals surface area contributed by atoms with Gasteiger partial charge in [-0.15, -0.1) is 0 Å². The predicted molar refractivity (Wildman–Crippen MR) is 54.8 cm³/mol. The zero-order valence-electron chi connectivity index (χ0n) is 8.42. The van der Waals surface area contributed by atoms with Crippen molar-refractivity contribution in [3.05, 3.63) is 18.1 Å². The zero-order valence-corrected chi connectivity index (χ0v) is 8.42. The number of nitrogens with zero attached hydrogens (tertiary/aromatic N) is 1. The molecule has 0 aromatic heterocycles. The first-order valence-electron chi connectivity index (χ1n) is 4.73. The first-order chi connectivity index (χ1) is 6.66. The molecular weight excluding hydrogens is 177 g/mol. The molecule has 1 saturated heterocycles. The van der Waals surface area contributed by atoms with Gasteiger partial charge in [0.25, 0.3) is 6.71 Å². The van der Waals surface area contributed by atoms with Gasteiger partial charge in [-0.3, -0.25) is 0 Å². The number of hydrogen-bond acceptors (Lipinski definition) is 3. The van der Waals surface area contributed by atoms with Crippen molar-refractivity contribution in [2.75, 3.05) is 7.11 Å². The second-order valence-electron chi connectivity index (χ2n) is 3.64. The lowest BCUT2D eigenvalue weighted by Crippen LogP contribution is -2.38. The maximum Gasteiger partial charge on any atom is 0.268 e. The lowest BCUT2D eigenvalue weighted by atomic mass is 9.41. The van der Waals surface area contributed by atoms with Crippen LogP contribution in [0.5, 0.6) is 0 Å². The number of aliphatic hydroxyl groups is 1. The topological polar surface area (TPSA) is 53.2 Å². The fourth-order valence-electron chi connectivity index (χ4n) is 1.88. The Kier molecular flexibility index (Phi) is 3.40. The Morgan fingerprint density at radius 2 is 2.14 bits per heavy atom. The molecule has 0 radical (unpaired) electrons. The van der Waals surface area contributed by atoms with E-state index in [0.29, 0.717) is 31.2 Å². The lowest BCUT2D eigenvalue weighted by molar-refractivity contribution is 0.0131. The standard InChI is InChI=1S/C10H14BNO2/c1-3-9(14-2)10(13)4-6-11(8-12)7-5-10/h13H,1,4-7H2,2H3. The summed E-state index contributed by atoms with van der Waals surface area (Å²) in [6.07, 6.45) is 2.52. The molecule has 0 unspecified atom stereocenters. The monoisotopic (exact) mass is 191 g/mol. The van der Waals surface area contributed by atoms with Crippen LogP contribution in [0.25, 0.3) is 0 Å². The lowest BCUT2D eigenvalue weighted by Gasteiger charge is -2.32. The molecule has 1 aliphatic heterocycles. The van der Waals surface area contributed by atoms with Crippen molar-refractivity contribution in [3.63, 3.8) is 0 Å². The Labute approximate surface area is 84.8 Å². The van der Waals surface area contributed by atoms with Crippen molar-refractivity contribution in [2.45, 2.75) is 31.1 Å². The summed E-state index contributed by atoms with van der Waals surface area (Å²) in [4.78, 5) is 0. The molecule has 1 fully saturated rings. The van der Waals surface area contributed by atoms with Crippen LogP contribution in [-0.4, -0.2) is 24.5 Å². The Balaban J connectivity index is 2.71. The maximum absolute atomic E-state index is 10.2. The van der Waals surface area contributed by atoms with Gasteiger partial charge in [0.1, 0.15) is 5.60 Å². The minimum Gasteiger partial charge on any atom is -0.490 e. The van der Waals surface area contributed by atoms with Gasteiger partial charge < -0.3 is 9.84 Å². The van der Waals surface area contributed by atoms with Crippen LogP contribution in [0.1, 0.15) is 12.8 Å². The maximum atomic E-state index is 10.2. The molecule has 0 aliphatic carbocycles. The fraction of sp³-hybridized carbons (Fsp3) is 0.600.